The van der Waals surface area contributed by atoms with Crippen LogP contribution in [0.1, 0.15) is 40.5 Å². The highest BCUT2D eigenvalue weighted by atomic mass is 79.9. The summed E-state index contributed by atoms with van der Waals surface area (Å²) in [7, 11) is 0. The van der Waals surface area contributed by atoms with Crippen molar-refractivity contribution in [3.63, 3.8) is 0 Å². The molecule has 0 N–H and O–H groups in total. The molecule has 3 heteroatoms. The summed E-state index contributed by atoms with van der Waals surface area (Å²) in [6.07, 6.45) is 1.41. The third kappa shape index (κ3) is 3.82. The average Bonchev–Trinajstić information content (AvgIpc) is 2.03. The molecule has 1 amide bonds. The molecule has 0 aliphatic rings. The minimum absolute atomic E-state index is 0.0789. The van der Waals surface area contributed by atoms with E-state index in [1.54, 1.807) is 6.92 Å². The molecule has 0 fully saturated rings. The van der Waals surface area contributed by atoms with E-state index in [1.807, 2.05) is 20.8 Å². The number of amides is 1. The summed E-state index contributed by atoms with van der Waals surface area (Å²) < 4.78 is 1.53. The van der Waals surface area contributed by atoms with Crippen molar-refractivity contribution >= 4 is 22.1 Å². The average molecular weight is 246 g/mol. The molecular formula is C10H16BrNO. The van der Waals surface area contributed by atoms with Crippen molar-refractivity contribution in [3.05, 3.63) is 0 Å². The SMILES string of the molecule is CC#CC(C)(C)N(Br)C(=O)CCC. The number of carbonyl (C=O) groups excluding carboxylic acids is 1. The molecule has 74 valence electrons. The van der Waals surface area contributed by atoms with Crippen molar-refractivity contribution in [3.8, 4) is 11.8 Å². The van der Waals surface area contributed by atoms with Gasteiger partial charge in [0.25, 0.3) is 0 Å². The van der Waals surface area contributed by atoms with Gasteiger partial charge in [-0.05, 0) is 27.2 Å². The van der Waals surface area contributed by atoms with Gasteiger partial charge >= 0.3 is 0 Å². The smallest absolute Gasteiger partial charge is 0.233 e. The summed E-state index contributed by atoms with van der Waals surface area (Å²) >= 11 is 3.25. The van der Waals surface area contributed by atoms with E-state index in [0.717, 1.165) is 6.42 Å². The summed E-state index contributed by atoms with van der Waals surface area (Å²) in [6, 6.07) is 0. The van der Waals surface area contributed by atoms with Crippen molar-refractivity contribution in [2.45, 2.75) is 46.1 Å². The molecule has 0 unspecified atom stereocenters. The maximum absolute atomic E-state index is 11.5. The molecule has 0 radical (unpaired) electrons. The minimum Gasteiger partial charge on any atom is -0.274 e. The van der Waals surface area contributed by atoms with E-state index in [2.05, 4.69) is 28.0 Å². The van der Waals surface area contributed by atoms with E-state index in [4.69, 9.17) is 0 Å². The number of rotatable bonds is 3. The maximum Gasteiger partial charge on any atom is 0.233 e. The van der Waals surface area contributed by atoms with E-state index in [1.165, 1.54) is 3.93 Å². The Bertz CT molecular complexity index is 237. The number of nitrogens with zero attached hydrogens (tertiary/aromatic N) is 1. The van der Waals surface area contributed by atoms with Crippen LogP contribution in [0, 0.1) is 11.8 Å². The summed E-state index contributed by atoms with van der Waals surface area (Å²) in [6.45, 7) is 7.57. The van der Waals surface area contributed by atoms with Crippen molar-refractivity contribution in [2.75, 3.05) is 0 Å². The van der Waals surface area contributed by atoms with Crippen LogP contribution < -0.4 is 0 Å². The third-order valence-electron chi connectivity index (χ3n) is 1.60. The first kappa shape index (κ1) is 12.5. The number of halogens is 1. The first-order valence-electron chi connectivity index (χ1n) is 4.38. The molecule has 0 saturated heterocycles. The molecule has 0 aromatic carbocycles. The lowest BCUT2D eigenvalue weighted by Gasteiger charge is -2.28. The minimum atomic E-state index is -0.430. The fourth-order valence-corrected chi connectivity index (χ4v) is 1.24. The van der Waals surface area contributed by atoms with Crippen molar-refractivity contribution in [2.24, 2.45) is 0 Å². The molecule has 0 heterocycles. The van der Waals surface area contributed by atoms with Gasteiger partial charge in [-0.2, -0.15) is 0 Å². The van der Waals surface area contributed by atoms with Gasteiger partial charge in [0.15, 0.2) is 0 Å². The first-order chi connectivity index (χ1) is 5.95. The molecule has 0 aliphatic heterocycles. The van der Waals surface area contributed by atoms with Crippen molar-refractivity contribution in [1.29, 1.82) is 0 Å². The van der Waals surface area contributed by atoms with Crippen LogP contribution in [0.5, 0.6) is 0 Å². The molecule has 0 aromatic heterocycles. The Morgan fingerprint density at radius 2 is 2.08 bits per heavy atom. The molecule has 0 rings (SSSR count). The Kier molecular flexibility index (Phi) is 5.09. The molecule has 0 aromatic rings. The van der Waals surface area contributed by atoms with Gasteiger partial charge in [-0.15, -0.1) is 5.92 Å². The van der Waals surface area contributed by atoms with Crippen molar-refractivity contribution in [1.82, 2.24) is 3.93 Å². The Morgan fingerprint density at radius 1 is 1.54 bits per heavy atom. The van der Waals surface area contributed by atoms with Gasteiger partial charge < -0.3 is 0 Å². The molecule has 0 bridgehead atoms. The van der Waals surface area contributed by atoms with Gasteiger partial charge in [-0.3, -0.25) is 8.72 Å². The summed E-state index contributed by atoms with van der Waals surface area (Å²) in [5, 5.41) is 0. The van der Waals surface area contributed by atoms with E-state index >= 15 is 0 Å². The Balaban J connectivity index is 4.45. The van der Waals surface area contributed by atoms with Crippen LogP contribution in [0.25, 0.3) is 0 Å². The van der Waals surface area contributed by atoms with Gasteiger partial charge in [0, 0.05) is 6.42 Å². The van der Waals surface area contributed by atoms with Crippen LogP contribution in [0.2, 0.25) is 0 Å². The Hall–Kier alpha value is -0.490. The lowest BCUT2D eigenvalue weighted by Crippen LogP contribution is -2.39. The Morgan fingerprint density at radius 3 is 2.46 bits per heavy atom. The molecular weight excluding hydrogens is 230 g/mol. The topological polar surface area (TPSA) is 20.3 Å². The predicted octanol–water partition coefficient (Wildman–Crippen LogP) is 2.73. The summed E-state index contributed by atoms with van der Waals surface area (Å²) in [5.74, 6) is 5.86. The summed E-state index contributed by atoms with van der Waals surface area (Å²) in [5.41, 5.74) is -0.430. The van der Waals surface area contributed by atoms with Gasteiger partial charge in [0.2, 0.25) is 5.91 Å². The van der Waals surface area contributed by atoms with Crippen molar-refractivity contribution < 1.29 is 4.79 Å². The highest BCUT2D eigenvalue weighted by Crippen LogP contribution is 2.19. The number of carbonyl (C=O) groups is 1. The van der Waals surface area contributed by atoms with Crippen LogP contribution in [-0.4, -0.2) is 15.4 Å². The van der Waals surface area contributed by atoms with Crippen LogP contribution in [-0.2, 0) is 4.79 Å². The zero-order chi connectivity index (χ0) is 10.5. The van der Waals surface area contributed by atoms with Crippen LogP contribution in [0.15, 0.2) is 0 Å². The lowest BCUT2D eigenvalue weighted by molar-refractivity contribution is -0.127. The number of hydrogen-bond donors (Lipinski definition) is 0. The quantitative estimate of drug-likeness (QED) is 0.553. The zero-order valence-corrected chi connectivity index (χ0v) is 10.2. The van der Waals surface area contributed by atoms with Gasteiger partial charge in [0.05, 0.1) is 16.1 Å². The second-order valence-electron chi connectivity index (χ2n) is 3.36. The second-order valence-corrected chi connectivity index (χ2v) is 4.07. The van der Waals surface area contributed by atoms with Gasteiger partial charge in [-0.25, -0.2) is 0 Å². The van der Waals surface area contributed by atoms with Gasteiger partial charge in [0.1, 0.15) is 5.54 Å². The molecule has 0 spiro atoms. The number of hydrogen-bond acceptors (Lipinski definition) is 1. The molecule has 2 nitrogen and oxygen atoms in total. The zero-order valence-electron chi connectivity index (χ0n) is 8.65. The molecule has 0 aliphatic carbocycles. The molecule has 13 heavy (non-hydrogen) atoms. The largest absolute Gasteiger partial charge is 0.274 e. The van der Waals surface area contributed by atoms with Crippen LogP contribution >= 0.6 is 16.1 Å². The van der Waals surface area contributed by atoms with E-state index in [9.17, 15) is 4.79 Å². The normalized spacial score (nSPS) is 10.2. The monoisotopic (exact) mass is 245 g/mol. The first-order valence-corrected chi connectivity index (χ1v) is 5.09. The predicted molar refractivity (Wildman–Crippen MR) is 58.2 cm³/mol. The van der Waals surface area contributed by atoms with E-state index < -0.39 is 5.54 Å². The van der Waals surface area contributed by atoms with E-state index in [0.29, 0.717) is 6.42 Å². The highest BCUT2D eigenvalue weighted by molar-refractivity contribution is 9.07. The fraction of sp³-hybridized carbons (Fsp3) is 0.700. The third-order valence-corrected chi connectivity index (χ3v) is 2.89. The van der Waals surface area contributed by atoms with E-state index in [-0.39, 0.29) is 5.91 Å². The second kappa shape index (κ2) is 5.29. The highest BCUT2D eigenvalue weighted by Gasteiger charge is 2.26. The van der Waals surface area contributed by atoms with Crippen LogP contribution in [0.3, 0.4) is 0 Å². The van der Waals surface area contributed by atoms with Crippen LogP contribution in [0.4, 0.5) is 0 Å². The maximum atomic E-state index is 11.5. The fourth-order valence-electron chi connectivity index (χ4n) is 0.979. The summed E-state index contributed by atoms with van der Waals surface area (Å²) in [4.78, 5) is 11.5. The lowest BCUT2D eigenvalue weighted by atomic mass is 10.1. The standard InChI is InChI=1S/C10H16BrNO/c1-5-7-9(13)12(11)10(3,4)8-6-2/h5,7H2,1-4H3. The van der Waals surface area contributed by atoms with Gasteiger partial charge in [-0.1, -0.05) is 12.8 Å². The molecule has 0 saturated carbocycles. The Labute approximate surface area is 89.0 Å². The molecule has 0 atom stereocenters.